The Hall–Kier alpha value is -1.15. The third kappa shape index (κ3) is 5.41. The lowest BCUT2D eigenvalue weighted by atomic mass is 9.91. The van der Waals surface area contributed by atoms with Gasteiger partial charge >= 0.3 is 0 Å². The second kappa shape index (κ2) is 8.98. The second-order valence-corrected chi connectivity index (χ2v) is 8.62. The fourth-order valence-electron chi connectivity index (χ4n) is 2.92. The highest BCUT2D eigenvalue weighted by Crippen LogP contribution is 2.20. The summed E-state index contributed by atoms with van der Waals surface area (Å²) in [6, 6.07) is 9.20. The molecule has 0 aromatic heterocycles. The molecule has 3 N–H and O–H groups in total. The average Bonchev–Trinajstić information content (AvgIpc) is 2.56. The summed E-state index contributed by atoms with van der Waals surface area (Å²) in [5.74, 6) is -0.0533. The zero-order valence-corrected chi connectivity index (χ0v) is 16.4. The minimum atomic E-state index is -3.16. The van der Waals surface area contributed by atoms with E-state index < -0.39 is 15.6 Å². The van der Waals surface area contributed by atoms with Crippen LogP contribution in [0.25, 0.3) is 0 Å². The topological polar surface area (TPSA) is 92.5 Å². The molecule has 1 aromatic carbocycles. The van der Waals surface area contributed by atoms with Gasteiger partial charge in [0.15, 0.2) is 0 Å². The number of amides is 1. The van der Waals surface area contributed by atoms with Crippen LogP contribution in [0.1, 0.15) is 38.7 Å². The monoisotopic (exact) mass is 389 g/mol. The van der Waals surface area contributed by atoms with Crippen molar-refractivity contribution >= 4 is 28.3 Å². The van der Waals surface area contributed by atoms with Crippen LogP contribution in [0.3, 0.4) is 0 Å². The van der Waals surface area contributed by atoms with E-state index in [2.05, 4.69) is 5.32 Å². The van der Waals surface area contributed by atoms with Crippen LogP contribution >= 0.6 is 12.4 Å². The highest BCUT2D eigenvalue weighted by molar-refractivity contribution is 7.89. The largest absolute Gasteiger partial charge is 0.351 e. The van der Waals surface area contributed by atoms with Crippen molar-refractivity contribution in [2.45, 2.75) is 44.7 Å². The van der Waals surface area contributed by atoms with Gasteiger partial charge in [-0.15, -0.1) is 12.4 Å². The lowest BCUT2D eigenvalue weighted by molar-refractivity contribution is -0.127. The molecule has 1 unspecified atom stereocenters. The maximum absolute atomic E-state index is 12.5. The lowest BCUT2D eigenvalue weighted by Crippen LogP contribution is -2.54. The minimum absolute atomic E-state index is 0. The Morgan fingerprint density at radius 2 is 1.84 bits per heavy atom. The van der Waals surface area contributed by atoms with Crippen LogP contribution in [0, 0.1) is 0 Å². The first kappa shape index (κ1) is 21.9. The predicted molar refractivity (Wildman–Crippen MR) is 102 cm³/mol. The Labute approximate surface area is 156 Å². The van der Waals surface area contributed by atoms with E-state index in [9.17, 15) is 13.2 Å². The molecule has 1 aromatic rings. The SMILES string of the molecule is CCCS(=O)(=O)N1CCC(NC(=O)C(C)(N)c2ccccc2)CC1.Cl. The smallest absolute Gasteiger partial charge is 0.244 e. The number of rotatable bonds is 6. The van der Waals surface area contributed by atoms with Gasteiger partial charge in [-0.2, -0.15) is 0 Å². The second-order valence-electron chi connectivity index (χ2n) is 6.53. The molecule has 6 nitrogen and oxygen atoms in total. The van der Waals surface area contributed by atoms with Crippen molar-refractivity contribution in [3.05, 3.63) is 35.9 Å². The van der Waals surface area contributed by atoms with Crippen LogP contribution in [0.4, 0.5) is 0 Å². The molecule has 1 amide bonds. The summed E-state index contributed by atoms with van der Waals surface area (Å²) >= 11 is 0. The van der Waals surface area contributed by atoms with Gasteiger partial charge in [0.1, 0.15) is 5.54 Å². The van der Waals surface area contributed by atoms with E-state index in [0.717, 1.165) is 5.56 Å². The van der Waals surface area contributed by atoms with Crippen LogP contribution in [0.5, 0.6) is 0 Å². The summed E-state index contributed by atoms with van der Waals surface area (Å²) in [6.45, 7) is 4.44. The molecule has 0 radical (unpaired) electrons. The Bertz CT molecular complexity index is 657. The first-order chi connectivity index (χ1) is 11.3. The van der Waals surface area contributed by atoms with Gasteiger partial charge in [-0.1, -0.05) is 37.3 Å². The molecule has 1 aliphatic heterocycles. The number of nitrogens with zero attached hydrogens (tertiary/aromatic N) is 1. The molecule has 8 heteroatoms. The van der Waals surface area contributed by atoms with E-state index in [1.165, 1.54) is 4.31 Å². The molecule has 2 rings (SSSR count). The Kier molecular flexibility index (Phi) is 7.87. The van der Waals surface area contributed by atoms with Crippen LogP contribution in [0.2, 0.25) is 0 Å². The number of piperidine rings is 1. The average molecular weight is 390 g/mol. The Morgan fingerprint density at radius 3 is 2.36 bits per heavy atom. The molecule has 1 heterocycles. The van der Waals surface area contributed by atoms with Gasteiger partial charge in [-0.05, 0) is 31.7 Å². The number of nitrogens with one attached hydrogen (secondary N) is 1. The molecule has 1 atom stereocenters. The number of benzene rings is 1. The molecular weight excluding hydrogens is 362 g/mol. The number of carbonyl (C=O) groups is 1. The molecule has 1 aliphatic rings. The third-order valence-corrected chi connectivity index (χ3v) is 6.57. The van der Waals surface area contributed by atoms with E-state index in [0.29, 0.717) is 32.4 Å². The number of hydrogen-bond acceptors (Lipinski definition) is 4. The van der Waals surface area contributed by atoms with Gasteiger partial charge < -0.3 is 11.1 Å². The number of hydrogen-bond donors (Lipinski definition) is 2. The number of sulfonamides is 1. The Morgan fingerprint density at radius 1 is 1.28 bits per heavy atom. The summed E-state index contributed by atoms with van der Waals surface area (Å²) in [7, 11) is -3.16. The summed E-state index contributed by atoms with van der Waals surface area (Å²) in [6.07, 6.45) is 1.83. The van der Waals surface area contributed by atoms with Gasteiger partial charge in [-0.3, -0.25) is 4.79 Å². The maximum Gasteiger partial charge on any atom is 0.244 e. The van der Waals surface area contributed by atoms with Crippen LogP contribution < -0.4 is 11.1 Å². The molecule has 1 saturated heterocycles. The van der Waals surface area contributed by atoms with Crippen molar-refractivity contribution in [1.82, 2.24) is 9.62 Å². The first-order valence-electron chi connectivity index (χ1n) is 8.40. The van der Waals surface area contributed by atoms with E-state index in [-0.39, 0.29) is 30.1 Å². The van der Waals surface area contributed by atoms with Crippen molar-refractivity contribution < 1.29 is 13.2 Å². The standard InChI is InChI=1S/C17H27N3O3S.ClH/c1-3-13-24(22,23)20-11-9-15(10-12-20)19-16(21)17(2,18)14-7-5-4-6-8-14;/h4-8,15H,3,9-13,18H2,1-2H3,(H,19,21);1H. The normalized spacial score (nSPS) is 18.8. The van der Waals surface area contributed by atoms with E-state index in [1.807, 2.05) is 37.3 Å². The molecule has 0 bridgehead atoms. The summed E-state index contributed by atoms with van der Waals surface area (Å²) in [4.78, 5) is 12.5. The van der Waals surface area contributed by atoms with Crippen molar-refractivity contribution in [1.29, 1.82) is 0 Å². The van der Waals surface area contributed by atoms with Crippen LogP contribution in [-0.4, -0.2) is 43.5 Å². The molecule has 0 spiro atoms. The predicted octanol–water partition coefficient (Wildman–Crippen LogP) is 1.60. The molecular formula is C17H28ClN3O3S. The summed E-state index contributed by atoms with van der Waals surface area (Å²) in [5.41, 5.74) is 5.87. The van der Waals surface area contributed by atoms with Gasteiger partial charge in [-0.25, -0.2) is 12.7 Å². The molecule has 25 heavy (non-hydrogen) atoms. The molecule has 0 aliphatic carbocycles. The highest BCUT2D eigenvalue weighted by Gasteiger charge is 2.34. The zero-order chi connectivity index (χ0) is 17.8. The minimum Gasteiger partial charge on any atom is -0.351 e. The Balaban J connectivity index is 0.00000312. The lowest BCUT2D eigenvalue weighted by Gasteiger charge is -2.33. The van der Waals surface area contributed by atoms with E-state index in [1.54, 1.807) is 6.92 Å². The summed E-state index contributed by atoms with van der Waals surface area (Å²) in [5, 5.41) is 2.98. The van der Waals surface area contributed by atoms with Gasteiger partial charge in [0.05, 0.1) is 5.75 Å². The number of carbonyl (C=O) groups excluding carboxylic acids is 1. The third-order valence-electron chi connectivity index (χ3n) is 4.49. The molecule has 0 saturated carbocycles. The molecule has 142 valence electrons. The van der Waals surface area contributed by atoms with Crippen LogP contribution in [0.15, 0.2) is 30.3 Å². The fraction of sp³-hybridized carbons (Fsp3) is 0.588. The first-order valence-corrected chi connectivity index (χ1v) is 10.0. The van der Waals surface area contributed by atoms with Crippen molar-refractivity contribution in [3.8, 4) is 0 Å². The van der Waals surface area contributed by atoms with Crippen LogP contribution in [-0.2, 0) is 20.4 Å². The molecule has 1 fully saturated rings. The number of nitrogens with two attached hydrogens (primary N) is 1. The summed E-state index contributed by atoms with van der Waals surface area (Å²) < 4.78 is 25.7. The quantitative estimate of drug-likeness (QED) is 0.772. The van der Waals surface area contributed by atoms with Gasteiger partial charge in [0.25, 0.3) is 0 Å². The van der Waals surface area contributed by atoms with Gasteiger partial charge in [0.2, 0.25) is 15.9 Å². The maximum atomic E-state index is 12.5. The highest BCUT2D eigenvalue weighted by atomic mass is 35.5. The zero-order valence-electron chi connectivity index (χ0n) is 14.8. The fourth-order valence-corrected chi connectivity index (χ4v) is 4.46. The van der Waals surface area contributed by atoms with E-state index in [4.69, 9.17) is 5.73 Å². The number of halogens is 1. The van der Waals surface area contributed by atoms with Crippen molar-refractivity contribution in [3.63, 3.8) is 0 Å². The van der Waals surface area contributed by atoms with E-state index >= 15 is 0 Å². The van der Waals surface area contributed by atoms with Gasteiger partial charge in [0, 0.05) is 19.1 Å². The van der Waals surface area contributed by atoms with Crippen molar-refractivity contribution in [2.24, 2.45) is 5.73 Å². The van der Waals surface area contributed by atoms with Crippen molar-refractivity contribution in [2.75, 3.05) is 18.8 Å².